The number of hydrogen-bond donors (Lipinski definition) is 0. The lowest BCUT2D eigenvalue weighted by Crippen LogP contribution is -2.23. The fourth-order valence-electron chi connectivity index (χ4n) is 2.93. The summed E-state index contributed by atoms with van der Waals surface area (Å²) in [6.07, 6.45) is 0.0745. The smallest absolute Gasteiger partial charge is 0.306 e. The van der Waals surface area contributed by atoms with Crippen LogP contribution in [0.15, 0.2) is 54.6 Å². The molecule has 0 unspecified atom stereocenters. The van der Waals surface area contributed by atoms with Crippen molar-refractivity contribution >= 4 is 5.97 Å². The molecule has 2 rings (SSSR count). The first-order chi connectivity index (χ1) is 12.0. The Bertz CT molecular complexity index is 700. The summed E-state index contributed by atoms with van der Waals surface area (Å²) in [6, 6.07) is 16.5. The van der Waals surface area contributed by atoms with Crippen LogP contribution in [0, 0.1) is 10.1 Å². The Morgan fingerprint density at radius 3 is 2.12 bits per heavy atom. The van der Waals surface area contributed by atoms with Gasteiger partial charge in [0.25, 0.3) is 0 Å². The molecule has 0 spiro atoms. The van der Waals surface area contributed by atoms with Gasteiger partial charge in [0, 0.05) is 10.8 Å². The average Bonchev–Trinajstić information content (AvgIpc) is 2.65. The third kappa shape index (κ3) is 5.04. The van der Waals surface area contributed by atoms with E-state index in [9.17, 15) is 14.9 Å². The summed E-state index contributed by atoms with van der Waals surface area (Å²) in [5.74, 6) is -0.529. The van der Waals surface area contributed by atoms with Crippen LogP contribution >= 0.6 is 0 Å². The van der Waals surface area contributed by atoms with E-state index in [2.05, 4.69) is 0 Å². The summed E-state index contributed by atoms with van der Waals surface area (Å²) in [6.45, 7) is -0.275. The van der Waals surface area contributed by atoms with Gasteiger partial charge in [-0.25, -0.2) is 0 Å². The molecule has 2 aromatic rings. The number of nitro groups is 1. The predicted molar refractivity (Wildman–Crippen MR) is 93.4 cm³/mol. The number of hydrogen-bond acceptors (Lipinski definition) is 5. The van der Waals surface area contributed by atoms with Crippen molar-refractivity contribution in [2.24, 2.45) is 0 Å². The Morgan fingerprint density at radius 2 is 1.60 bits per heavy atom. The SMILES string of the molecule is COC(=O)C[C@@H](c1ccccc1)[C@H](C[N+](=O)[O-])c1ccc(OC)cc1. The number of nitrogens with zero attached hydrogens (tertiary/aromatic N) is 1. The maximum atomic E-state index is 11.9. The van der Waals surface area contributed by atoms with Gasteiger partial charge in [-0.2, -0.15) is 0 Å². The zero-order chi connectivity index (χ0) is 18.2. The third-order valence-corrected chi connectivity index (χ3v) is 4.22. The van der Waals surface area contributed by atoms with E-state index in [4.69, 9.17) is 9.47 Å². The van der Waals surface area contributed by atoms with Gasteiger partial charge in [0.1, 0.15) is 5.75 Å². The van der Waals surface area contributed by atoms with Gasteiger partial charge in [0.15, 0.2) is 0 Å². The zero-order valence-electron chi connectivity index (χ0n) is 14.3. The number of benzene rings is 2. The van der Waals surface area contributed by atoms with E-state index < -0.39 is 11.9 Å². The van der Waals surface area contributed by atoms with E-state index >= 15 is 0 Å². The highest BCUT2D eigenvalue weighted by Crippen LogP contribution is 2.36. The van der Waals surface area contributed by atoms with Gasteiger partial charge in [-0.15, -0.1) is 0 Å². The molecule has 0 bridgehead atoms. The molecule has 0 aromatic heterocycles. The largest absolute Gasteiger partial charge is 0.497 e. The molecule has 6 heteroatoms. The molecular formula is C19H21NO5. The van der Waals surface area contributed by atoms with Crippen molar-refractivity contribution in [2.45, 2.75) is 18.3 Å². The minimum Gasteiger partial charge on any atom is -0.497 e. The lowest BCUT2D eigenvalue weighted by atomic mass is 9.79. The Kier molecular flexibility index (Phi) is 6.51. The minimum atomic E-state index is -0.456. The monoisotopic (exact) mass is 343 g/mol. The van der Waals surface area contributed by atoms with E-state index in [0.29, 0.717) is 5.75 Å². The number of carbonyl (C=O) groups excluding carboxylic acids is 1. The fourth-order valence-corrected chi connectivity index (χ4v) is 2.93. The second kappa shape index (κ2) is 8.82. The Balaban J connectivity index is 2.44. The summed E-state index contributed by atoms with van der Waals surface area (Å²) in [5.41, 5.74) is 1.66. The molecule has 0 heterocycles. The lowest BCUT2D eigenvalue weighted by molar-refractivity contribution is -0.484. The first kappa shape index (κ1) is 18.4. The van der Waals surface area contributed by atoms with Gasteiger partial charge < -0.3 is 9.47 Å². The van der Waals surface area contributed by atoms with Gasteiger partial charge in [0.05, 0.1) is 26.6 Å². The Hall–Kier alpha value is -2.89. The normalized spacial score (nSPS) is 12.9. The van der Waals surface area contributed by atoms with Gasteiger partial charge in [-0.1, -0.05) is 42.5 Å². The van der Waals surface area contributed by atoms with Crippen LogP contribution in [0.3, 0.4) is 0 Å². The summed E-state index contributed by atoms with van der Waals surface area (Å²) < 4.78 is 9.95. The van der Waals surface area contributed by atoms with Crippen molar-refractivity contribution in [1.82, 2.24) is 0 Å². The van der Waals surface area contributed by atoms with E-state index in [0.717, 1.165) is 11.1 Å². The lowest BCUT2D eigenvalue weighted by Gasteiger charge is -2.24. The molecule has 0 fully saturated rings. The maximum Gasteiger partial charge on any atom is 0.306 e. The van der Waals surface area contributed by atoms with E-state index in [1.807, 2.05) is 30.3 Å². The van der Waals surface area contributed by atoms with Crippen LogP contribution in [0.4, 0.5) is 0 Å². The summed E-state index contributed by atoms with van der Waals surface area (Å²) in [7, 11) is 2.88. The van der Waals surface area contributed by atoms with Crippen molar-refractivity contribution < 1.29 is 19.2 Å². The highest BCUT2D eigenvalue weighted by Gasteiger charge is 2.31. The zero-order valence-corrected chi connectivity index (χ0v) is 14.3. The summed E-state index contributed by atoms with van der Waals surface area (Å²) in [5, 5.41) is 11.3. The second-order valence-corrected chi connectivity index (χ2v) is 5.69. The third-order valence-electron chi connectivity index (χ3n) is 4.22. The second-order valence-electron chi connectivity index (χ2n) is 5.69. The first-order valence-corrected chi connectivity index (χ1v) is 7.92. The van der Waals surface area contributed by atoms with Crippen LogP contribution < -0.4 is 4.74 Å². The van der Waals surface area contributed by atoms with E-state index in [-0.39, 0.29) is 23.8 Å². The molecule has 0 aliphatic rings. The molecule has 2 atom stereocenters. The van der Waals surface area contributed by atoms with Crippen molar-refractivity contribution in [3.63, 3.8) is 0 Å². The first-order valence-electron chi connectivity index (χ1n) is 7.92. The summed E-state index contributed by atoms with van der Waals surface area (Å²) in [4.78, 5) is 22.8. The maximum absolute atomic E-state index is 11.9. The Labute approximate surface area is 146 Å². The number of rotatable bonds is 8. The standard InChI is InChI=1S/C19H21NO5/c1-24-16-10-8-15(9-11-16)18(13-20(22)23)17(12-19(21)25-2)14-6-4-3-5-7-14/h3-11,17-18H,12-13H2,1-2H3/t17-,18+/m0/s1. The molecule has 0 radical (unpaired) electrons. The quantitative estimate of drug-likeness (QED) is 0.417. The van der Waals surface area contributed by atoms with E-state index in [1.54, 1.807) is 31.4 Å². The highest BCUT2D eigenvalue weighted by molar-refractivity contribution is 5.70. The molecule has 6 nitrogen and oxygen atoms in total. The van der Waals surface area contributed by atoms with Crippen LogP contribution in [0.2, 0.25) is 0 Å². The van der Waals surface area contributed by atoms with Crippen molar-refractivity contribution in [3.8, 4) is 5.75 Å². The molecule has 2 aromatic carbocycles. The van der Waals surface area contributed by atoms with Gasteiger partial charge in [-0.05, 0) is 23.3 Å². The van der Waals surface area contributed by atoms with Gasteiger partial charge in [-0.3, -0.25) is 14.9 Å². The number of carbonyl (C=O) groups is 1. The Morgan fingerprint density at radius 1 is 1.00 bits per heavy atom. The van der Waals surface area contributed by atoms with Crippen molar-refractivity contribution in [3.05, 3.63) is 75.8 Å². The molecule has 0 amide bonds. The molecule has 25 heavy (non-hydrogen) atoms. The molecule has 132 valence electrons. The van der Waals surface area contributed by atoms with Crippen molar-refractivity contribution in [2.75, 3.05) is 20.8 Å². The predicted octanol–water partition coefficient (Wildman–Crippen LogP) is 3.40. The minimum absolute atomic E-state index is 0.0745. The van der Waals surface area contributed by atoms with Crippen LogP contribution in [-0.2, 0) is 9.53 Å². The molecule has 0 saturated carbocycles. The van der Waals surface area contributed by atoms with Gasteiger partial charge >= 0.3 is 5.97 Å². The van der Waals surface area contributed by atoms with Crippen LogP contribution in [0.1, 0.15) is 29.4 Å². The van der Waals surface area contributed by atoms with Gasteiger partial charge in [0.2, 0.25) is 6.54 Å². The molecule has 0 N–H and O–H groups in total. The topological polar surface area (TPSA) is 78.7 Å². The van der Waals surface area contributed by atoms with Crippen LogP contribution in [0.5, 0.6) is 5.75 Å². The summed E-state index contributed by atoms with van der Waals surface area (Å²) >= 11 is 0. The van der Waals surface area contributed by atoms with E-state index in [1.165, 1.54) is 7.11 Å². The number of methoxy groups -OCH3 is 2. The number of ether oxygens (including phenoxy) is 2. The molecule has 0 saturated heterocycles. The molecule has 0 aliphatic carbocycles. The van der Waals surface area contributed by atoms with Crippen LogP contribution in [-0.4, -0.2) is 31.7 Å². The number of esters is 1. The fraction of sp³-hybridized carbons (Fsp3) is 0.316. The molecular weight excluding hydrogens is 322 g/mol. The van der Waals surface area contributed by atoms with Crippen LogP contribution in [0.25, 0.3) is 0 Å². The van der Waals surface area contributed by atoms with Crippen molar-refractivity contribution in [1.29, 1.82) is 0 Å². The average molecular weight is 343 g/mol. The molecule has 0 aliphatic heterocycles. The highest BCUT2D eigenvalue weighted by atomic mass is 16.6.